The molecule has 1 aliphatic rings. The molecule has 1 aliphatic carbocycles. The molecule has 0 aromatic heterocycles. The lowest BCUT2D eigenvalue weighted by Gasteiger charge is -2.30. The summed E-state index contributed by atoms with van der Waals surface area (Å²) in [6, 6.07) is 10.7. The third-order valence-corrected chi connectivity index (χ3v) is 4.32. The second-order valence-corrected chi connectivity index (χ2v) is 7.13. The Hall–Kier alpha value is -1.51. The van der Waals surface area contributed by atoms with Gasteiger partial charge in [-0.2, -0.15) is 0 Å². The first kappa shape index (κ1) is 15.9. The Morgan fingerprint density at radius 1 is 1.33 bits per heavy atom. The summed E-state index contributed by atoms with van der Waals surface area (Å²) in [6.45, 7) is 7.45. The lowest BCUT2D eigenvalue weighted by molar-refractivity contribution is 0.201. The third kappa shape index (κ3) is 4.76. The average Bonchev–Trinajstić information content (AvgIpc) is 3.22. The molecule has 0 aliphatic heterocycles. The van der Waals surface area contributed by atoms with E-state index in [9.17, 15) is 4.79 Å². The molecule has 1 aromatic carbocycles. The molecule has 2 amide bonds. The second kappa shape index (κ2) is 6.50. The van der Waals surface area contributed by atoms with Crippen LogP contribution in [0.25, 0.3) is 0 Å². The quantitative estimate of drug-likeness (QED) is 0.848. The molecule has 1 fully saturated rings. The molecule has 0 spiro atoms. The van der Waals surface area contributed by atoms with Gasteiger partial charge in [0.15, 0.2) is 0 Å². The molecule has 3 nitrogen and oxygen atoms in total. The van der Waals surface area contributed by atoms with Crippen LogP contribution in [0.3, 0.4) is 0 Å². The highest BCUT2D eigenvalue weighted by molar-refractivity contribution is 5.74. The Morgan fingerprint density at radius 3 is 2.52 bits per heavy atom. The summed E-state index contributed by atoms with van der Waals surface area (Å²) in [5, 5.41) is 3.13. The monoisotopic (exact) mass is 288 g/mol. The van der Waals surface area contributed by atoms with Crippen LogP contribution in [-0.2, 0) is 5.41 Å². The number of nitrogens with one attached hydrogen (secondary N) is 1. The van der Waals surface area contributed by atoms with Crippen molar-refractivity contribution in [1.29, 1.82) is 0 Å². The van der Waals surface area contributed by atoms with Gasteiger partial charge in [0, 0.05) is 19.6 Å². The van der Waals surface area contributed by atoms with Crippen molar-refractivity contribution in [3.63, 3.8) is 0 Å². The van der Waals surface area contributed by atoms with E-state index in [0.29, 0.717) is 0 Å². The first-order valence-electron chi connectivity index (χ1n) is 7.95. The van der Waals surface area contributed by atoms with Gasteiger partial charge in [-0.3, -0.25) is 0 Å². The standard InChI is InChI=1S/C18H28N2O/c1-14(19-17(21)20(4)13-15-10-11-15)12-18(2,3)16-8-6-5-7-9-16/h5-9,14-15H,10-13H2,1-4H3,(H,19,21). The maximum Gasteiger partial charge on any atom is 0.317 e. The van der Waals surface area contributed by atoms with Crippen LogP contribution in [0.5, 0.6) is 0 Å². The van der Waals surface area contributed by atoms with Gasteiger partial charge in [-0.05, 0) is 43.1 Å². The fourth-order valence-electron chi connectivity index (χ4n) is 2.92. The zero-order valence-electron chi connectivity index (χ0n) is 13.7. The molecule has 3 heteroatoms. The van der Waals surface area contributed by atoms with Crippen LogP contribution in [0.4, 0.5) is 4.79 Å². The van der Waals surface area contributed by atoms with E-state index in [2.05, 4.69) is 50.4 Å². The lowest BCUT2D eigenvalue weighted by atomic mass is 9.79. The van der Waals surface area contributed by atoms with E-state index < -0.39 is 0 Å². The van der Waals surface area contributed by atoms with Crippen molar-refractivity contribution >= 4 is 6.03 Å². The molecule has 0 saturated heterocycles. The Balaban J connectivity index is 1.85. The SMILES string of the molecule is CC(CC(C)(C)c1ccccc1)NC(=O)N(C)CC1CC1. The summed E-state index contributed by atoms with van der Waals surface area (Å²) < 4.78 is 0. The zero-order chi connectivity index (χ0) is 15.5. The van der Waals surface area contributed by atoms with E-state index in [0.717, 1.165) is 18.9 Å². The number of urea groups is 1. The van der Waals surface area contributed by atoms with Gasteiger partial charge in [0.2, 0.25) is 0 Å². The van der Waals surface area contributed by atoms with Crippen LogP contribution >= 0.6 is 0 Å². The molecule has 1 saturated carbocycles. The van der Waals surface area contributed by atoms with Crippen molar-refractivity contribution < 1.29 is 4.79 Å². The smallest absolute Gasteiger partial charge is 0.317 e. The highest BCUT2D eigenvalue weighted by Gasteiger charge is 2.27. The van der Waals surface area contributed by atoms with E-state index in [1.165, 1.54) is 18.4 Å². The van der Waals surface area contributed by atoms with Gasteiger partial charge in [-0.25, -0.2) is 4.79 Å². The van der Waals surface area contributed by atoms with Crippen LogP contribution < -0.4 is 5.32 Å². The Labute approximate surface area is 128 Å². The number of benzene rings is 1. The molecule has 2 rings (SSSR count). The summed E-state index contributed by atoms with van der Waals surface area (Å²) in [6.07, 6.45) is 3.47. The van der Waals surface area contributed by atoms with Crippen LogP contribution in [0.1, 0.15) is 45.6 Å². The van der Waals surface area contributed by atoms with Gasteiger partial charge in [-0.15, -0.1) is 0 Å². The molecule has 0 radical (unpaired) electrons. The number of hydrogen-bond donors (Lipinski definition) is 1. The van der Waals surface area contributed by atoms with E-state index in [-0.39, 0.29) is 17.5 Å². The summed E-state index contributed by atoms with van der Waals surface area (Å²) in [4.78, 5) is 14.0. The first-order valence-corrected chi connectivity index (χ1v) is 7.95. The fourth-order valence-corrected chi connectivity index (χ4v) is 2.92. The third-order valence-electron chi connectivity index (χ3n) is 4.32. The predicted octanol–water partition coefficient (Wildman–Crippen LogP) is 3.79. The summed E-state index contributed by atoms with van der Waals surface area (Å²) in [7, 11) is 1.89. The number of hydrogen-bond acceptors (Lipinski definition) is 1. The molecule has 1 aromatic rings. The van der Waals surface area contributed by atoms with E-state index in [4.69, 9.17) is 0 Å². The fraction of sp³-hybridized carbons (Fsp3) is 0.611. The predicted molar refractivity (Wildman–Crippen MR) is 87.4 cm³/mol. The molecule has 0 bridgehead atoms. The number of amides is 2. The summed E-state index contributed by atoms with van der Waals surface area (Å²) in [5.74, 6) is 0.733. The molecular formula is C18H28N2O. The van der Waals surface area contributed by atoms with Gasteiger partial charge in [-0.1, -0.05) is 44.2 Å². The van der Waals surface area contributed by atoms with Gasteiger partial charge in [0.1, 0.15) is 0 Å². The van der Waals surface area contributed by atoms with Crippen LogP contribution in [-0.4, -0.2) is 30.6 Å². The molecule has 1 unspecified atom stereocenters. The molecule has 1 N–H and O–H groups in total. The summed E-state index contributed by atoms with van der Waals surface area (Å²) >= 11 is 0. The minimum absolute atomic E-state index is 0.0539. The molecule has 1 atom stereocenters. The van der Waals surface area contributed by atoms with Gasteiger partial charge in [0.25, 0.3) is 0 Å². The number of nitrogens with zero attached hydrogens (tertiary/aromatic N) is 1. The number of rotatable bonds is 6. The Morgan fingerprint density at radius 2 is 1.95 bits per heavy atom. The van der Waals surface area contributed by atoms with Crippen molar-refractivity contribution in [2.75, 3.05) is 13.6 Å². The van der Waals surface area contributed by atoms with E-state index in [1.807, 2.05) is 18.0 Å². The van der Waals surface area contributed by atoms with Crippen molar-refractivity contribution in [1.82, 2.24) is 10.2 Å². The van der Waals surface area contributed by atoms with Crippen LogP contribution in [0.2, 0.25) is 0 Å². The zero-order valence-corrected chi connectivity index (χ0v) is 13.7. The molecule has 116 valence electrons. The van der Waals surface area contributed by atoms with E-state index in [1.54, 1.807) is 0 Å². The molecule has 0 heterocycles. The van der Waals surface area contributed by atoms with Gasteiger partial charge in [0.05, 0.1) is 0 Å². The second-order valence-electron chi connectivity index (χ2n) is 7.13. The van der Waals surface area contributed by atoms with Gasteiger partial charge < -0.3 is 10.2 Å². The molecular weight excluding hydrogens is 260 g/mol. The largest absolute Gasteiger partial charge is 0.336 e. The van der Waals surface area contributed by atoms with Crippen molar-refractivity contribution in [3.8, 4) is 0 Å². The first-order chi connectivity index (χ1) is 9.88. The van der Waals surface area contributed by atoms with Gasteiger partial charge >= 0.3 is 6.03 Å². The minimum atomic E-state index is 0.0539. The lowest BCUT2D eigenvalue weighted by Crippen LogP contribution is -2.44. The Kier molecular flexibility index (Phi) is 4.92. The highest BCUT2D eigenvalue weighted by atomic mass is 16.2. The Bertz CT molecular complexity index is 465. The summed E-state index contributed by atoms with van der Waals surface area (Å²) in [5.41, 5.74) is 1.38. The number of carbonyl (C=O) groups excluding carboxylic acids is 1. The topological polar surface area (TPSA) is 32.3 Å². The van der Waals surface area contributed by atoms with Crippen molar-refractivity contribution in [3.05, 3.63) is 35.9 Å². The van der Waals surface area contributed by atoms with Crippen LogP contribution in [0.15, 0.2) is 30.3 Å². The maximum absolute atomic E-state index is 12.2. The maximum atomic E-state index is 12.2. The molecule has 21 heavy (non-hydrogen) atoms. The van der Waals surface area contributed by atoms with E-state index >= 15 is 0 Å². The van der Waals surface area contributed by atoms with Crippen LogP contribution in [0, 0.1) is 5.92 Å². The van der Waals surface area contributed by atoms with Crippen molar-refractivity contribution in [2.24, 2.45) is 5.92 Å². The average molecular weight is 288 g/mol. The number of carbonyl (C=O) groups is 1. The normalized spacial score (nSPS) is 16.4. The minimum Gasteiger partial charge on any atom is -0.336 e. The highest BCUT2D eigenvalue weighted by Crippen LogP contribution is 2.30. The van der Waals surface area contributed by atoms with Crippen molar-refractivity contribution in [2.45, 2.75) is 51.5 Å².